The number of ether oxygens (including phenoxy) is 1. The zero-order chi connectivity index (χ0) is 22.0. The molecule has 2 aliphatic heterocycles. The van der Waals surface area contributed by atoms with Crippen LogP contribution in [0.1, 0.15) is 36.7 Å². The summed E-state index contributed by atoms with van der Waals surface area (Å²) in [4.78, 5) is 19.8. The Morgan fingerprint density at radius 3 is 2.68 bits per heavy atom. The van der Waals surface area contributed by atoms with Crippen LogP contribution in [0.3, 0.4) is 0 Å². The van der Waals surface area contributed by atoms with Crippen molar-refractivity contribution in [3.05, 3.63) is 56.7 Å². The Balaban J connectivity index is 1.39. The van der Waals surface area contributed by atoms with Crippen LogP contribution in [-0.4, -0.2) is 48.9 Å². The van der Waals surface area contributed by atoms with E-state index in [1.165, 1.54) is 11.1 Å². The molecule has 1 fully saturated rings. The first-order chi connectivity index (χ1) is 14.9. The Bertz CT molecular complexity index is 1020. The number of fused-ring (bicyclic) bond motifs is 1. The molecule has 2 aliphatic rings. The Labute approximate surface area is 190 Å². The largest absolute Gasteiger partial charge is 0.486 e. The second-order valence-corrected chi connectivity index (χ2v) is 10.1. The molecule has 9 heteroatoms. The highest BCUT2D eigenvalue weighted by Gasteiger charge is 2.23. The van der Waals surface area contributed by atoms with Crippen molar-refractivity contribution in [2.75, 3.05) is 26.0 Å². The molecule has 3 heterocycles. The quantitative estimate of drug-likeness (QED) is 0.630. The number of hydrogen-bond acceptors (Lipinski definition) is 5. The molecule has 1 atom stereocenters. The van der Waals surface area contributed by atoms with E-state index in [2.05, 4.69) is 16.0 Å². The van der Waals surface area contributed by atoms with Crippen molar-refractivity contribution in [2.24, 2.45) is 5.92 Å². The fourth-order valence-electron chi connectivity index (χ4n) is 4.35. The van der Waals surface area contributed by atoms with Crippen LogP contribution >= 0.6 is 11.6 Å². The summed E-state index contributed by atoms with van der Waals surface area (Å²) in [6, 6.07) is 6.00. The van der Waals surface area contributed by atoms with E-state index < -0.39 is 11.0 Å². The molecule has 31 heavy (non-hydrogen) atoms. The fraction of sp³-hybridized carbons (Fsp3) is 0.545. The van der Waals surface area contributed by atoms with Crippen molar-refractivity contribution in [3.63, 3.8) is 0 Å². The zero-order valence-corrected chi connectivity index (χ0v) is 19.6. The van der Waals surface area contributed by atoms with Crippen LogP contribution in [0.5, 0.6) is 5.75 Å². The first kappa shape index (κ1) is 22.5. The molecule has 2 aromatic rings. The summed E-state index contributed by atoms with van der Waals surface area (Å²) in [5.74, 6) is 1.42. The van der Waals surface area contributed by atoms with Gasteiger partial charge in [-0.2, -0.15) is 0 Å². The van der Waals surface area contributed by atoms with Crippen molar-refractivity contribution in [1.29, 1.82) is 0 Å². The minimum atomic E-state index is -0.915. The minimum absolute atomic E-state index is 0.126. The summed E-state index contributed by atoms with van der Waals surface area (Å²) in [7, 11) is -0.915. The summed E-state index contributed by atoms with van der Waals surface area (Å²) in [5, 5.41) is 0.749. The number of halogens is 1. The molecule has 0 radical (unpaired) electrons. The summed E-state index contributed by atoms with van der Waals surface area (Å²) < 4.78 is 21.1. The van der Waals surface area contributed by atoms with Crippen molar-refractivity contribution in [2.45, 2.75) is 45.9 Å². The average molecular weight is 465 g/mol. The van der Waals surface area contributed by atoms with Gasteiger partial charge < -0.3 is 4.74 Å². The molecule has 7 nitrogen and oxygen atoms in total. The second kappa shape index (κ2) is 9.81. The Hall–Kier alpha value is -1.74. The van der Waals surface area contributed by atoms with Crippen LogP contribution in [0.4, 0.5) is 0 Å². The van der Waals surface area contributed by atoms with Crippen LogP contribution in [0.15, 0.2) is 29.2 Å². The predicted octanol–water partition coefficient (Wildman–Crippen LogP) is 2.82. The molecular weight excluding hydrogens is 436 g/mol. The standard InChI is InChI=1S/C22H29ClN4O3S/c1-3-27-21(14-25-12-17-4-5-19(23)10-18(17)13-25)24-11-20(22(27)28)30-15-16-6-8-26(9-7-16)31(2)29/h4-5,10-11,16H,3,6-9,12-15H2,1-2H3. The van der Waals surface area contributed by atoms with E-state index in [4.69, 9.17) is 16.3 Å². The molecule has 168 valence electrons. The summed E-state index contributed by atoms with van der Waals surface area (Å²) >= 11 is 6.12. The topological polar surface area (TPSA) is 67.7 Å². The van der Waals surface area contributed by atoms with E-state index in [9.17, 15) is 9.00 Å². The summed E-state index contributed by atoms with van der Waals surface area (Å²) in [6.07, 6.45) is 5.13. The zero-order valence-electron chi connectivity index (χ0n) is 18.1. The van der Waals surface area contributed by atoms with E-state index >= 15 is 0 Å². The van der Waals surface area contributed by atoms with Crippen LogP contribution in [0.25, 0.3) is 0 Å². The minimum Gasteiger partial charge on any atom is -0.486 e. The molecule has 0 amide bonds. The number of aromatic nitrogens is 2. The van der Waals surface area contributed by atoms with Gasteiger partial charge in [0.05, 0.1) is 30.3 Å². The van der Waals surface area contributed by atoms with Gasteiger partial charge in [-0.25, -0.2) is 13.5 Å². The molecule has 1 unspecified atom stereocenters. The lowest BCUT2D eigenvalue weighted by Gasteiger charge is -2.29. The Morgan fingerprint density at radius 2 is 1.97 bits per heavy atom. The van der Waals surface area contributed by atoms with Gasteiger partial charge in [-0.05, 0) is 48.9 Å². The monoisotopic (exact) mass is 464 g/mol. The Kier molecular flexibility index (Phi) is 7.11. The molecule has 0 N–H and O–H groups in total. The molecule has 0 bridgehead atoms. The van der Waals surface area contributed by atoms with Gasteiger partial charge in [0.1, 0.15) is 5.82 Å². The SMILES string of the molecule is CCn1c(CN2Cc3ccc(Cl)cc3C2)ncc(OCC2CCN(S(C)=O)CC2)c1=O. The highest BCUT2D eigenvalue weighted by Crippen LogP contribution is 2.26. The van der Waals surface area contributed by atoms with E-state index in [0.29, 0.717) is 31.4 Å². The van der Waals surface area contributed by atoms with Crippen molar-refractivity contribution >= 4 is 22.6 Å². The Morgan fingerprint density at radius 1 is 1.23 bits per heavy atom. The molecule has 4 rings (SSSR count). The van der Waals surface area contributed by atoms with Crippen molar-refractivity contribution in [1.82, 2.24) is 18.8 Å². The number of rotatable bonds is 7. The second-order valence-electron chi connectivity index (χ2n) is 8.25. The maximum atomic E-state index is 13.0. The van der Waals surface area contributed by atoms with Gasteiger partial charge in [0, 0.05) is 44.0 Å². The van der Waals surface area contributed by atoms with Crippen LogP contribution < -0.4 is 10.3 Å². The molecule has 0 aliphatic carbocycles. The third-order valence-corrected chi connectivity index (χ3v) is 7.47. The highest BCUT2D eigenvalue weighted by molar-refractivity contribution is 7.81. The smallest absolute Gasteiger partial charge is 0.295 e. The lowest BCUT2D eigenvalue weighted by molar-refractivity contribution is 0.185. The molecule has 1 saturated heterocycles. The number of nitrogens with zero attached hydrogens (tertiary/aromatic N) is 4. The third-order valence-electron chi connectivity index (χ3n) is 6.15. The lowest BCUT2D eigenvalue weighted by Crippen LogP contribution is -2.36. The van der Waals surface area contributed by atoms with Crippen LogP contribution in [0.2, 0.25) is 5.02 Å². The average Bonchev–Trinajstić information content (AvgIpc) is 3.15. The van der Waals surface area contributed by atoms with Gasteiger partial charge in [0.25, 0.3) is 5.56 Å². The first-order valence-corrected chi connectivity index (χ1v) is 12.6. The van der Waals surface area contributed by atoms with Crippen molar-refractivity contribution < 1.29 is 8.95 Å². The van der Waals surface area contributed by atoms with Crippen LogP contribution in [-0.2, 0) is 37.2 Å². The molecular formula is C22H29ClN4O3S. The fourth-order valence-corrected chi connectivity index (χ4v) is 5.27. The molecule has 0 spiro atoms. The van der Waals surface area contributed by atoms with Gasteiger partial charge in [0.2, 0.25) is 5.75 Å². The number of piperidine rings is 1. The molecule has 1 aromatic heterocycles. The predicted molar refractivity (Wildman–Crippen MR) is 122 cm³/mol. The van der Waals surface area contributed by atoms with E-state index in [-0.39, 0.29) is 5.56 Å². The maximum Gasteiger partial charge on any atom is 0.295 e. The van der Waals surface area contributed by atoms with Gasteiger partial charge in [-0.3, -0.25) is 14.3 Å². The van der Waals surface area contributed by atoms with Crippen LogP contribution in [0, 0.1) is 5.92 Å². The normalized spacial score (nSPS) is 18.8. The van der Waals surface area contributed by atoms with Gasteiger partial charge in [-0.15, -0.1) is 0 Å². The van der Waals surface area contributed by atoms with Crippen molar-refractivity contribution in [3.8, 4) is 5.75 Å². The van der Waals surface area contributed by atoms with E-state index in [1.54, 1.807) is 17.0 Å². The van der Waals surface area contributed by atoms with E-state index in [0.717, 1.165) is 49.9 Å². The third kappa shape index (κ3) is 5.19. The van der Waals surface area contributed by atoms with Gasteiger partial charge in [0.15, 0.2) is 0 Å². The van der Waals surface area contributed by atoms with Gasteiger partial charge in [-0.1, -0.05) is 17.7 Å². The first-order valence-electron chi connectivity index (χ1n) is 10.7. The maximum absolute atomic E-state index is 13.0. The summed E-state index contributed by atoms with van der Waals surface area (Å²) in [6.45, 7) is 6.82. The highest BCUT2D eigenvalue weighted by atomic mass is 35.5. The van der Waals surface area contributed by atoms with E-state index in [1.807, 2.05) is 23.4 Å². The van der Waals surface area contributed by atoms with Gasteiger partial charge >= 0.3 is 0 Å². The molecule has 1 aromatic carbocycles. The number of hydrogen-bond donors (Lipinski definition) is 0. The lowest BCUT2D eigenvalue weighted by atomic mass is 9.99. The summed E-state index contributed by atoms with van der Waals surface area (Å²) in [5.41, 5.74) is 2.38. The number of benzene rings is 1. The molecule has 0 saturated carbocycles.